The molecule has 2 amide bonds. The molecule has 1 heterocycles. The number of halogens is 1. The number of likely N-dealkylation sites (tertiary alicyclic amines) is 1. The van der Waals surface area contributed by atoms with Crippen molar-refractivity contribution in [3.63, 3.8) is 0 Å². The van der Waals surface area contributed by atoms with E-state index >= 15 is 0 Å². The number of carbonyl (C=O) groups excluding carboxylic acids is 1. The van der Waals surface area contributed by atoms with Gasteiger partial charge in [-0.3, -0.25) is 4.79 Å². The third-order valence-electron chi connectivity index (χ3n) is 3.75. The van der Waals surface area contributed by atoms with Crippen molar-refractivity contribution in [3.05, 3.63) is 28.7 Å². The maximum atomic E-state index is 12.1. The van der Waals surface area contributed by atoms with Crippen LogP contribution in [0.1, 0.15) is 25.7 Å². The number of carboxylic acid groups (broad SMARTS) is 1. The Labute approximate surface area is 144 Å². The molecule has 0 bridgehead atoms. The molecular weight excluding hydrogens is 362 g/mol. The maximum absolute atomic E-state index is 12.1. The fourth-order valence-corrected chi connectivity index (χ4v) is 3.04. The number of nitrogens with zero attached hydrogens (tertiary/aromatic N) is 1. The van der Waals surface area contributed by atoms with Crippen LogP contribution in [-0.4, -0.2) is 47.7 Å². The number of urea groups is 1. The van der Waals surface area contributed by atoms with Crippen molar-refractivity contribution >= 4 is 33.6 Å². The van der Waals surface area contributed by atoms with Crippen LogP contribution in [0, 0.1) is 0 Å². The van der Waals surface area contributed by atoms with Crippen LogP contribution in [-0.2, 0) is 4.79 Å². The summed E-state index contributed by atoms with van der Waals surface area (Å²) >= 11 is 3.45. The first-order valence-electron chi connectivity index (χ1n) is 7.81. The Hall–Kier alpha value is -1.76. The standard InChI is InChI=1S/C16H22BrN3O3/c17-12-4-1-5-13(10-12)19-14-6-3-9-20(11-14)16(23)18-8-2-7-15(21)22/h1,4-5,10,14,19H,2-3,6-9,11H2,(H,18,23)(H,21,22). The van der Waals surface area contributed by atoms with E-state index in [0.29, 0.717) is 19.5 Å². The highest BCUT2D eigenvalue weighted by Crippen LogP contribution is 2.19. The smallest absolute Gasteiger partial charge is 0.317 e. The van der Waals surface area contributed by atoms with E-state index in [-0.39, 0.29) is 18.5 Å². The van der Waals surface area contributed by atoms with E-state index in [0.717, 1.165) is 29.5 Å². The highest BCUT2D eigenvalue weighted by molar-refractivity contribution is 9.10. The maximum Gasteiger partial charge on any atom is 0.317 e. The fourth-order valence-electron chi connectivity index (χ4n) is 2.64. The molecular formula is C16H22BrN3O3. The summed E-state index contributed by atoms with van der Waals surface area (Å²) in [6.45, 7) is 1.78. The quantitative estimate of drug-likeness (QED) is 0.659. The number of anilines is 1. The monoisotopic (exact) mass is 383 g/mol. The first-order chi connectivity index (χ1) is 11.0. The molecule has 23 heavy (non-hydrogen) atoms. The van der Waals surface area contributed by atoms with Crippen molar-refractivity contribution in [1.82, 2.24) is 10.2 Å². The van der Waals surface area contributed by atoms with E-state index in [4.69, 9.17) is 5.11 Å². The average Bonchev–Trinajstić information content (AvgIpc) is 2.51. The number of piperidine rings is 1. The molecule has 1 aliphatic rings. The highest BCUT2D eigenvalue weighted by Gasteiger charge is 2.23. The lowest BCUT2D eigenvalue weighted by Gasteiger charge is -2.33. The summed E-state index contributed by atoms with van der Waals surface area (Å²) in [7, 11) is 0. The second kappa shape index (κ2) is 8.76. The summed E-state index contributed by atoms with van der Waals surface area (Å²) in [6.07, 6.45) is 2.51. The molecule has 0 saturated carbocycles. The first kappa shape index (κ1) is 17.6. The van der Waals surface area contributed by atoms with E-state index < -0.39 is 5.97 Å². The summed E-state index contributed by atoms with van der Waals surface area (Å²) in [5, 5.41) is 14.8. The molecule has 6 nitrogen and oxygen atoms in total. The van der Waals surface area contributed by atoms with Gasteiger partial charge in [0.2, 0.25) is 0 Å². The SMILES string of the molecule is O=C(O)CCCNC(=O)N1CCCC(Nc2cccc(Br)c2)C1. The van der Waals surface area contributed by atoms with E-state index in [9.17, 15) is 9.59 Å². The van der Waals surface area contributed by atoms with Crippen LogP contribution >= 0.6 is 15.9 Å². The molecule has 0 aliphatic carbocycles. The minimum absolute atomic E-state index is 0.0767. The Morgan fingerprint density at radius 1 is 1.39 bits per heavy atom. The van der Waals surface area contributed by atoms with Crippen molar-refractivity contribution in [2.24, 2.45) is 0 Å². The number of carboxylic acids is 1. The lowest BCUT2D eigenvalue weighted by Crippen LogP contribution is -2.49. The van der Waals surface area contributed by atoms with Crippen LogP contribution < -0.4 is 10.6 Å². The largest absolute Gasteiger partial charge is 0.481 e. The lowest BCUT2D eigenvalue weighted by atomic mass is 10.1. The van der Waals surface area contributed by atoms with E-state index in [1.165, 1.54) is 0 Å². The van der Waals surface area contributed by atoms with Gasteiger partial charge < -0.3 is 20.6 Å². The van der Waals surface area contributed by atoms with E-state index in [1.807, 2.05) is 24.3 Å². The number of carbonyl (C=O) groups is 2. The zero-order valence-corrected chi connectivity index (χ0v) is 14.5. The molecule has 7 heteroatoms. The minimum atomic E-state index is -0.837. The van der Waals surface area contributed by atoms with Gasteiger partial charge in [-0.25, -0.2) is 4.79 Å². The molecule has 1 unspecified atom stereocenters. The van der Waals surface area contributed by atoms with Gasteiger partial charge in [-0.05, 0) is 37.5 Å². The number of hydrogen-bond donors (Lipinski definition) is 3. The van der Waals surface area contributed by atoms with Gasteiger partial charge in [0.25, 0.3) is 0 Å². The molecule has 0 aromatic heterocycles. The second-order valence-corrected chi connectivity index (χ2v) is 6.58. The number of rotatable bonds is 6. The van der Waals surface area contributed by atoms with Crippen LogP contribution in [0.25, 0.3) is 0 Å². The van der Waals surface area contributed by atoms with Gasteiger partial charge >= 0.3 is 12.0 Å². The number of hydrogen-bond acceptors (Lipinski definition) is 3. The number of nitrogens with one attached hydrogen (secondary N) is 2. The number of benzene rings is 1. The van der Waals surface area contributed by atoms with Crippen molar-refractivity contribution in [2.45, 2.75) is 31.7 Å². The Kier molecular flexibility index (Phi) is 6.70. The van der Waals surface area contributed by atoms with Gasteiger partial charge in [-0.1, -0.05) is 22.0 Å². The lowest BCUT2D eigenvalue weighted by molar-refractivity contribution is -0.137. The van der Waals surface area contributed by atoms with Gasteiger partial charge in [0.1, 0.15) is 0 Å². The Balaban J connectivity index is 1.78. The molecule has 0 spiro atoms. The molecule has 1 aliphatic heterocycles. The number of aliphatic carboxylic acids is 1. The molecule has 0 radical (unpaired) electrons. The van der Waals surface area contributed by atoms with Gasteiger partial charge in [-0.15, -0.1) is 0 Å². The van der Waals surface area contributed by atoms with Crippen LogP contribution in [0.2, 0.25) is 0 Å². The minimum Gasteiger partial charge on any atom is -0.481 e. The summed E-state index contributed by atoms with van der Waals surface area (Å²) in [5.41, 5.74) is 1.04. The normalized spacial score (nSPS) is 17.6. The summed E-state index contributed by atoms with van der Waals surface area (Å²) in [6, 6.07) is 8.09. The first-order valence-corrected chi connectivity index (χ1v) is 8.60. The predicted molar refractivity (Wildman–Crippen MR) is 92.6 cm³/mol. The third-order valence-corrected chi connectivity index (χ3v) is 4.24. The van der Waals surface area contributed by atoms with Crippen molar-refractivity contribution in [3.8, 4) is 0 Å². The average molecular weight is 384 g/mol. The van der Waals surface area contributed by atoms with Gasteiger partial charge in [0.15, 0.2) is 0 Å². The van der Waals surface area contributed by atoms with E-state index in [2.05, 4.69) is 26.6 Å². The van der Waals surface area contributed by atoms with Crippen molar-refractivity contribution in [1.29, 1.82) is 0 Å². The second-order valence-electron chi connectivity index (χ2n) is 5.67. The Bertz CT molecular complexity index is 553. The summed E-state index contributed by atoms with van der Waals surface area (Å²) < 4.78 is 1.02. The molecule has 1 aromatic rings. The predicted octanol–water partition coefficient (Wildman–Crippen LogP) is 2.90. The zero-order valence-electron chi connectivity index (χ0n) is 12.9. The van der Waals surface area contributed by atoms with Crippen LogP contribution in [0.4, 0.5) is 10.5 Å². The van der Waals surface area contributed by atoms with E-state index in [1.54, 1.807) is 4.90 Å². The topological polar surface area (TPSA) is 81.7 Å². The van der Waals surface area contributed by atoms with Gasteiger partial charge in [0, 0.05) is 42.3 Å². The molecule has 2 rings (SSSR count). The van der Waals surface area contributed by atoms with Crippen LogP contribution in [0.5, 0.6) is 0 Å². The Morgan fingerprint density at radius 2 is 2.22 bits per heavy atom. The fraction of sp³-hybridized carbons (Fsp3) is 0.500. The van der Waals surface area contributed by atoms with Gasteiger partial charge in [-0.2, -0.15) is 0 Å². The van der Waals surface area contributed by atoms with Crippen molar-refractivity contribution in [2.75, 3.05) is 25.0 Å². The molecule has 1 saturated heterocycles. The molecule has 3 N–H and O–H groups in total. The van der Waals surface area contributed by atoms with Crippen molar-refractivity contribution < 1.29 is 14.7 Å². The third kappa shape index (κ3) is 6.09. The molecule has 126 valence electrons. The zero-order chi connectivity index (χ0) is 16.7. The molecule has 1 aromatic carbocycles. The highest BCUT2D eigenvalue weighted by atomic mass is 79.9. The van der Waals surface area contributed by atoms with Crippen LogP contribution in [0.3, 0.4) is 0 Å². The molecule has 1 atom stereocenters. The summed E-state index contributed by atoms with van der Waals surface area (Å²) in [4.78, 5) is 24.4. The molecule has 1 fully saturated rings. The van der Waals surface area contributed by atoms with Crippen LogP contribution in [0.15, 0.2) is 28.7 Å². The Morgan fingerprint density at radius 3 is 2.96 bits per heavy atom. The van der Waals surface area contributed by atoms with Gasteiger partial charge in [0.05, 0.1) is 0 Å². The summed E-state index contributed by atoms with van der Waals surface area (Å²) in [5.74, 6) is -0.837. The number of amides is 2.